The zero-order chi connectivity index (χ0) is 12.8. The number of hydrogen-bond acceptors (Lipinski definition) is 2. The quantitative estimate of drug-likeness (QED) is 0.908. The number of carbonyl (C=O) groups excluding carboxylic acids is 1. The summed E-state index contributed by atoms with van der Waals surface area (Å²) in [6, 6.07) is 5.57. The lowest BCUT2D eigenvalue weighted by Gasteiger charge is -2.21. The fourth-order valence-electron chi connectivity index (χ4n) is 1.61. The topological polar surface area (TPSA) is 40.5 Å². The van der Waals surface area contributed by atoms with Crippen LogP contribution in [0.3, 0.4) is 0 Å². The lowest BCUT2D eigenvalue weighted by atomic mass is 10.1. The monoisotopic (exact) mass is 299 g/mol. The number of aryl methyl sites for hydroxylation is 1. The fourth-order valence-corrected chi connectivity index (χ4v) is 1.99. The van der Waals surface area contributed by atoms with Crippen molar-refractivity contribution in [2.75, 3.05) is 19.7 Å². The Kier molecular flexibility index (Phi) is 5.65. The largest absolute Gasteiger partial charge is 0.395 e. The minimum Gasteiger partial charge on any atom is -0.395 e. The molecule has 0 aromatic heterocycles. The number of aliphatic hydroxyl groups excluding tert-OH is 1. The molecular weight excluding hydrogens is 282 g/mol. The molecule has 1 amide bonds. The molecule has 1 aromatic carbocycles. The average molecular weight is 300 g/mol. The van der Waals surface area contributed by atoms with Crippen molar-refractivity contribution in [2.45, 2.75) is 20.3 Å². The van der Waals surface area contributed by atoms with Gasteiger partial charge in [0.05, 0.1) is 6.61 Å². The first-order valence-corrected chi connectivity index (χ1v) is 6.55. The smallest absolute Gasteiger partial charge is 0.253 e. The van der Waals surface area contributed by atoms with E-state index in [0.29, 0.717) is 18.7 Å². The van der Waals surface area contributed by atoms with Gasteiger partial charge in [0.25, 0.3) is 5.91 Å². The summed E-state index contributed by atoms with van der Waals surface area (Å²) < 4.78 is 0.934. The number of nitrogens with zero attached hydrogens (tertiary/aromatic N) is 1. The van der Waals surface area contributed by atoms with Gasteiger partial charge in [0.1, 0.15) is 0 Å². The van der Waals surface area contributed by atoms with E-state index >= 15 is 0 Å². The first-order valence-electron chi connectivity index (χ1n) is 5.76. The Morgan fingerprint density at radius 2 is 2.12 bits per heavy atom. The summed E-state index contributed by atoms with van der Waals surface area (Å²) in [5.41, 5.74) is 1.76. The number of benzene rings is 1. The number of carbonyl (C=O) groups is 1. The molecule has 4 heteroatoms. The molecule has 0 aliphatic heterocycles. The highest BCUT2D eigenvalue weighted by atomic mass is 79.9. The van der Waals surface area contributed by atoms with Crippen LogP contribution in [0.25, 0.3) is 0 Å². The maximum Gasteiger partial charge on any atom is 0.253 e. The summed E-state index contributed by atoms with van der Waals surface area (Å²) in [5, 5.41) is 8.95. The van der Waals surface area contributed by atoms with E-state index in [9.17, 15) is 4.79 Å². The predicted molar refractivity (Wildman–Crippen MR) is 72.2 cm³/mol. The van der Waals surface area contributed by atoms with Crippen molar-refractivity contribution in [1.82, 2.24) is 4.90 Å². The van der Waals surface area contributed by atoms with E-state index in [1.165, 1.54) is 0 Å². The molecule has 0 saturated carbocycles. The van der Waals surface area contributed by atoms with Crippen LogP contribution in [0.1, 0.15) is 29.3 Å². The molecule has 0 bridgehead atoms. The first kappa shape index (κ1) is 14.2. The van der Waals surface area contributed by atoms with Gasteiger partial charge in [0, 0.05) is 23.1 Å². The highest BCUT2D eigenvalue weighted by molar-refractivity contribution is 9.10. The van der Waals surface area contributed by atoms with Crippen molar-refractivity contribution in [2.24, 2.45) is 0 Å². The second-order valence-electron chi connectivity index (χ2n) is 3.98. The second-order valence-corrected chi connectivity index (χ2v) is 4.83. The van der Waals surface area contributed by atoms with Crippen LogP contribution in [0, 0.1) is 6.92 Å². The molecule has 3 nitrogen and oxygen atoms in total. The molecule has 1 N–H and O–H groups in total. The van der Waals surface area contributed by atoms with Crippen molar-refractivity contribution in [1.29, 1.82) is 0 Å². The molecule has 0 spiro atoms. The normalized spacial score (nSPS) is 10.4. The van der Waals surface area contributed by atoms with Crippen molar-refractivity contribution < 1.29 is 9.90 Å². The third-order valence-electron chi connectivity index (χ3n) is 2.57. The Bertz CT molecular complexity index is 387. The maximum absolute atomic E-state index is 12.2. The molecule has 17 heavy (non-hydrogen) atoms. The molecule has 1 rings (SSSR count). The minimum absolute atomic E-state index is 0.00122. The standard InChI is InChI=1S/C13H18BrNO2/c1-3-6-15(7-8-16)13(17)11-5-4-10(2)12(14)9-11/h4-5,9,16H,3,6-8H2,1-2H3. The van der Waals surface area contributed by atoms with Gasteiger partial charge >= 0.3 is 0 Å². The molecular formula is C13H18BrNO2. The second kappa shape index (κ2) is 6.77. The summed E-state index contributed by atoms with van der Waals surface area (Å²) in [6.07, 6.45) is 0.888. The molecule has 94 valence electrons. The van der Waals surface area contributed by atoms with Crippen molar-refractivity contribution in [3.63, 3.8) is 0 Å². The number of hydrogen-bond donors (Lipinski definition) is 1. The van der Waals surface area contributed by atoms with Crippen LogP contribution in [0.2, 0.25) is 0 Å². The molecule has 0 radical (unpaired) electrons. The number of rotatable bonds is 5. The Labute approximate surface area is 111 Å². The van der Waals surface area contributed by atoms with Gasteiger partial charge in [-0.2, -0.15) is 0 Å². The van der Waals surface area contributed by atoms with Crippen LogP contribution >= 0.6 is 15.9 Å². The molecule has 0 atom stereocenters. The summed E-state index contributed by atoms with van der Waals surface area (Å²) >= 11 is 3.42. The maximum atomic E-state index is 12.2. The van der Waals surface area contributed by atoms with Crippen LogP contribution in [-0.2, 0) is 0 Å². The van der Waals surface area contributed by atoms with E-state index in [1.807, 2.05) is 32.0 Å². The lowest BCUT2D eigenvalue weighted by molar-refractivity contribution is 0.0722. The summed E-state index contributed by atoms with van der Waals surface area (Å²) in [7, 11) is 0. The minimum atomic E-state index is -0.0263. The van der Waals surface area contributed by atoms with Gasteiger partial charge in [0.15, 0.2) is 0 Å². The SMILES string of the molecule is CCCN(CCO)C(=O)c1ccc(C)c(Br)c1. The van der Waals surface area contributed by atoms with Crippen LogP contribution in [-0.4, -0.2) is 35.6 Å². The zero-order valence-electron chi connectivity index (χ0n) is 10.2. The van der Waals surface area contributed by atoms with E-state index in [4.69, 9.17) is 5.11 Å². The molecule has 0 aliphatic carbocycles. The van der Waals surface area contributed by atoms with Crippen LogP contribution < -0.4 is 0 Å². The van der Waals surface area contributed by atoms with Crippen molar-refractivity contribution in [3.05, 3.63) is 33.8 Å². The average Bonchev–Trinajstić information content (AvgIpc) is 2.31. The van der Waals surface area contributed by atoms with Gasteiger partial charge < -0.3 is 10.0 Å². The van der Waals surface area contributed by atoms with E-state index in [1.54, 1.807) is 4.90 Å². The number of amides is 1. The summed E-state index contributed by atoms with van der Waals surface area (Å²) in [5.74, 6) is -0.0263. The highest BCUT2D eigenvalue weighted by Crippen LogP contribution is 2.18. The molecule has 1 aromatic rings. The van der Waals surface area contributed by atoms with E-state index in [-0.39, 0.29) is 12.5 Å². The van der Waals surface area contributed by atoms with Crippen molar-refractivity contribution >= 4 is 21.8 Å². The van der Waals surface area contributed by atoms with E-state index in [2.05, 4.69) is 15.9 Å². The van der Waals surface area contributed by atoms with E-state index < -0.39 is 0 Å². The van der Waals surface area contributed by atoms with Crippen LogP contribution in [0.5, 0.6) is 0 Å². The summed E-state index contributed by atoms with van der Waals surface area (Å²) in [4.78, 5) is 13.9. The molecule has 0 heterocycles. The third kappa shape index (κ3) is 3.82. The van der Waals surface area contributed by atoms with Gasteiger partial charge in [-0.1, -0.05) is 28.9 Å². The predicted octanol–water partition coefficient (Wildman–Crippen LogP) is 2.60. The van der Waals surface area contributed by atoms with Gasteiger partial charge in [-0.25, -0.2) is 0 Å². The lowest BCUT2D eigenvalue weighted by Crippen LogP contribution is -2.34. The van der Waals surface area contributed by atoms with Gasteiger partial charge in [-0.05, 0) is 31.0 Å². The first-order chi connectivity index (χ1) is 8.10. The van der Waals surface area contributed by atoms with E-state index in [0.717, 1.165) is 16.5 Å². The highest BCUT2D eigenvalue weighted by Gasteiger charge is 2.14. The fraction of sp³-hybridized carbons (Fsp3) is 0.462. The molecule has 0 saturated heterocycles. The zero-order valence-corrected chi connectivity index (χ0v) is 11.8. The Morgan fingerprint density at radius 1 is 1.41 bits per heavy atom. The molecule has 0 aliphatic rings. The Balaban J connectivity index is 2.88. The number of aliphatic hydroxyl groups is 1. The summed E-state index contributed by atoms with van der Waals surface area (Å²) in [6.45, 7) is 5.06. The van der Waals surface area contributed by atoms with Crippen molar-refractivity contribution in [3.8, 4) is 0 Å². The number of halogens is 1. The van der Waals surface area contributed by atoms with Gasteiger partial charge in [-0.15, -0.1) is 0 Å². The Hall–Kier alpha value is -0.870. The third-order valence-corrected chi connectivity index (χ3v) is 3.42. The Morgan fingerprint density at radius 3 is 2.65 bits per heavy atom. The van der Waals surface area contributed by atoms with Gasteiger partial charge in [0.2, 0.25) is 0 Å². The van der Waals surface area contributed by atoms with Crippen LogP contribution in [0.4, 0.5) is 0 Å². The molecule has 0 fully saturated rings. The van der Waals surface area contributed by atoms with Gasteiger partial charge in [-0.3, -0.25) is 4.79 Å². The van der Waals surface area contributed by atoms with Crippen LogP contribution in [0.15, 0.2) is 22.7 Å². The molecule has 0 unspecified atom stereocenters.